The molecule has 0 saturated heterocycles. The van der Waals surface area contributed by atoms with E-state index >= 15 is 0 Å². The first-order chi connectivity index (χ1) is 11.2. The van der Waals surface area contributed by atoms with Crippen molar-refractivity contribution in [2.24, 2.45) is 0 Å². The molecule has 0 aromatic heterocycles. The van der Waals surface area contributed by atoms with E-state index < -0.39 is 16.1 Å². The fourth-order valence-electron chi connectivity index (χ4n) is 2.33. The molecule has 2 aromatic carbocycles. The predicted octanol–water partition coefficient (Wildman–Crippen LogP) is 3.65. The summed E-state index contributed by atoms with van der Waals surface area (Å²) in [5, 5.41) is 3.08. The van der Waals surface area contributed by atoms with Gasteiger partial charge in [-0.15, -0.1) is 0 Å². The minimum atomic E-state index is -3.72. The lowest BCUT2D eigenvalue weighted by molar-refractivity contribution is -0.114. The van der Waals surface area contributed by atoms with E-state index in [2.05, 4.69) is 10.0 Å². The van der Waals surface area contributed by atoms with Crippen molar-refractivity contribution in [1.29, 1.82) is 0 Å². The van der Waals surface area contributed by atoms with Crippen LogP contribution >= 0.6 is 11.6 Å². The Bertz CT molecular complexity index is 866. The molecule has 1 atom stereocenters. The number of halogens is 1. The van der Waals surface area contributed by atoms with Crippen LogP contribution in [0.2, 0.25) is 5.02 Å². The van der Waals surface area contributed by atoms with Crippen molar-refractivity contribution >= 4 is 33.2 Å². The van der Waals surface area contributed by atoms with Gasteiger partial charge in [-0.3, -0.25) is 4.79 Å². The van der Waals surface area contributed by atoms with Crippen molar-refractivity contribution in [3.63, 3.8) is 0 Å². The van der Waals surface area contributed by atoms with Crippen LogP contribution in [0.25, 0.3) is 0 Å². The molecule has 0 aliphatic rings. The van der Waals surface area contributed by atoms with Crippen LogP contribution in [-0.2, 0) is 14.8 Å². The Hall–Kier alpha value is -1.89. The van der Waals surface area contributed by atoms with Gasteiger partial charge in [0.2, 0.25) is 15.9 Å². The van der Waals surface area contributed by atoms with Crippen LogP contribution in [0, 0.1) is 6.92 Å². The van der Waals surface area contributed by atoms with Gasteiger partial charge >= 0.3 is 0 Å². The first-order valence-electron chi connectivity index (χ1n) is 7.35. The molecule has 0 bridgehead atoms. The minimum absolute atomic E-state index is 0.153. The molecule has 0 spiro atoms. The predicted molar refractivity (Wildman–Crippen MR) is 95.7 cm³/mol. The zero-order valence-corrected chi connectivity index (χ0v) is 15.2. The fourth-order valence-corrected chi connectivity index (χ4v) is 4.06. The lowest BCUT2D eigenvalue weighted by Crippen LogP contribution is -2.27. The van der Waals surface area contributed by atoms with Gasteiger partial charge < -0.3 is 5.32 Å². The quantitative estimate of drug-likeness (QED) is 0.848. The number of hydrogen-bond donors (Lipinski definition) is 2. The second-order valence-electron chi connectivity index (χ2n) is 5.51. The van der Waals surface area contributed by atoms with Crippen LogP contribution in [0.4, 0.5) is 5.69 Å². The summed E-state index contributed by atoms with van der Waals surface area (Å²) >= 11 is 6.01. The molecule has 2 aromatic rings. The number of rotatable bonds is 5. The highest BCUT2D eigenvalue weighted by Gasteiger charge is 2.21. The summed E-state index contributed by atoms with van der Waals surface area (Å²) in [5.74, 6) is -0.185. The van der Waals surface area contributed by atoms with Crippen LogP contribution < -0.4 is 10.0 Å². The zero-order chi connectivity index (χ0) is 17.9. The van der Waals surface area contributed by atoms with Gasteiger partial charge in [-0.1, -0.05) is 29.8 Å². The molecule has 1 amide bonds. The third-order valence-electron chi connectivity index (χ3n) is 3.55. The first-order valence-corrected chi connectivity index (χ1v) is 9.22. The average molecular weight is 367 g/mol. The summed E-state index contributed by atoms with van der Waals surface area (Å²) in [5.41, 5.74) is 1.86. The van der Waals surface area contributed by atoms with Crippen molar-refractivity contribution < 1.29 is 13.2 Å². The lowest BCUT2D eigenvalue weighted by Gasteiger charge is -2.17. The highest BCUT2D eigenvalue weighted by atomic mass is 35.5. The number of nitrogens with one attached hydrogen (secondary N) is 2. The summed E-state index contributed by atoms with van der Waals surface area (Å²) in [4.78, 5) is 11.3. The molecule has 2 rings (SSSR count). The second kappa shape index (κ2) is 7.34. The molecule has 0 saturated carbocycles. The second-order valence-corrected chi connectivity index (χ2v) is 7.60. The standard InChI is InChI=1S/C17H19ClN2O3S/c1-11-16(18)8-5-9-17(11)24(22,23)20-12(2)14-6-4-7-15(10-14)19-13(3)21/h4-10,12,20H,1-3H3,(H,19,21)/t12-/m0/s1. The summed E-state index contributed by atoms with van der Waals surface area (Å²) in [7, 11) is -3.72. The maximum atomic E-state index is 12.6. The molecular weight excluding hydrogens is 348 g/mol. The Morgan fingerprint density at radius 2 is 1.83 bits per heavy atom. The minimum Gasteiger partial charge on any atom is -0.326 e. The van der Waals surface area contributed by atoms with E-state index in [9.17, 15) is 13.2 Å². The van der Waals surface area contributed by atoms with Crippen LogP contribution in [0.5, 0.6) is 0 Å². The van der Waals surface area contributed by atoms with E-state index in [1.165, 1.54) is 13.0 Å². The molecule has 0 unspecified atom stereocenters. The Balaban J connectivity index is 2.26. The molecule has 128 valence electrons. The Labute approximate surface area is 147 Å². The fraction of sp³-hybridized carbons (Fsp3) is 0.235. The summed E-state index contributed by atoms with van der Waals surface area (Å²) in [6.07, 6.45) is 0. The summed E-state index contributed by atoms with van der Waals surface area (Å²) in [6.45, 7) is 4.82. The number of benzene rings is 2. The van der Waals surface area contributed by atoms with Crippen molar-refractivity contribution in [1.82, 2.24) is 4.72 Å². The largest absolute Gasteiger partial charge is 0.326 e. The van der Waals surface area contributed by atoms with E-state index in [0.29, 0.717) is 16.3 Å². The van der Waals surface area contributed by atoms with Gasteiger partial charge in [0, 0.05) is 23.7 Å². The van der Waals surface area contributed by atoms with Crippen LogP contribution in [0.3, 0.4) is 0 Å². The smallest absolute Gasteiger partial charge is 0.241 e. The van der Waals surface area contributed by atoms with Crippen molar-refractivity contribution in [2.75, 3.05) is 5.32 Å². The molecule has 0 fully saturated rings. The van der Waals surface area contributed by atoms with Gasteiger partial charge in [0.1, 0.15) is 0 Å². The number of carbonyl (C=O) groups excluding carboxylic acids is 1. The Morgan fingerprint density at radius 1 is 1.17 bits per heavy atom. The van der Waals surface area contributed by atoms with Gasteiger partial charge in [0.05, 0.1) is 4.90 Å². The van der Waals surface area contributed by atoms with E-state index in [-0.39, 0.29) is 10.8 Å². The summed E-state index contributed by atoms with van der Waals surface area (Å²) < 4.78 is 27.9. The monoisotopic (exact) mass is 366 g/mol. The highest BCUT2D eigenvalue weighted by molar-refractivity contribution is 7.89. The van der Waals surface area contributed by atoms with E-state index in [0.717, 1.165) is 5.56 Å². The number of carbonyl (C=O) groups is 1. The number of hydrogen-bond acceptors (Lipinski definition) is 3. The SMILES string of the molecule is CC(=O)Nc1cccc([C@H](C)NS(=O)(=O)c2cccc(Cl)c2C)c1. The Kier molecular flexibility index (Phi) is 5.64. The third kappa shape index (κ3) is 4.35. The maximum absolute atomic E-state index is 12.6. The average Bonchev–Trinajstić information content (AvgIpc) is 2.49. The van der Waals surface area contributed by atoms with Crippen LogP contribution in [0.1, 0.15) is 31.0 Å². The first kappa shape index (κ1) is 18.4. The molecule has 0 aliphatic carbocycles. The van der Waals surface area contributed by atoms with E-state index in [4.69, 9.17) is 11.6 Å². The van der Waals surface area contributed by atoms with Crippen molar-refractivity contribution in [3.05, 3.63) is 58.6 Å². The molecular formula is C17H19ClN2O3S. The summed E-state index contributed by atoms with van der Waals surface area (Å²) in [6, 6.07) is 11.3. The van der Waals surface area contributed by atoms with Gasteiger partial charge in [-0.05, 0) is 49.2 Å². The van der Waals surface area contributed by atoms with Gasteiger partial charge in [-0.2, -0.15) is 0 Å². The lowest BCUT2D eigenvalue weighted by atomic mass is 10.1. The highest BCUT2D eigenvalue weighted by Crippen LogP contribution is 2.25. The molecule has 0 heterocycles. The van der Waals surface area contributed by atoms with E-state index in [1.54, 1.807) is 50.2 Å². The van der Waals surface area contributed by atoms with E-state index in [1.807, 2.05) is 0 Å². The van der Waals surface area contributed by atoms with Gasteiger partial charge in [-0.25, -0.2) is 13.1 Å². The number of sulfonamides is 1. The molecule has 2 N–H and O–H groups in total. The zero-order valence-electron chi connectivity index (χ0n) is 13.6. The van der Waals surface area contributed by atoms with Crippen LogP contribution in [-0.4, -0.2) is 14.3 Å². The van der Waals surface area contributed by atoms with Crippen molar-refractivity contribution in [3.8, 4) is 0 Å². The molecule has 5 nitrogen and oxygen atoms in total. The third-order valence-corrected chi connectivity index (χ3v) is 5.64. The number of amides is 1. The maximum Gasteiger partial charge on any atom is 0.241 e. The molecule has 0 aliphatic heterocycles. The molecule has 7 heteroatoms. The topological polar surface area (TPSA) is 75.3 Å². The normalized spacial score (nSPS) is 12.7. The van der Waals surface area contributed by atoms with Gasteiger partial charge in [0.15, 0.2) is 0 Å². The molecule has 24 heavy (non-hydrogen) atoms. The Morgan fingerprint density at radius 3 is 2.50 bits per heavy atom. The number of anilines is 1. The van der Waals surface area contributed by atoms with Gasteiger partial charge in [0.25, 0.3) is 0 Å². The van der Waals surface area contributed by atoms with Crippen molar-refractivity contribution in [2.45, 2.75) is 31.7 Å². The molecule has 0 radical (unpaired) electrons. The van der Waals surface area contributed by atoms with Crippen LogP contribution in [0.15, 0.2) is 47.4 Å².